The number of rotatable bonds is 2. The largest absolute Gasteiger partial charge is 0.369 e. The standard InChI is InChI=1S/C12H15ClN2/c13-9-3-4-12-10(5-9)11(14)7-15(12)6-8-1-2-8/h3-5,8,11H,1-2,6-7,14H2. The molecule has 1 aromatic rings. The van der Waals surface area contributed by atoms with Gasteiger partial charge in [-0.05, 0) is 42.5 Å². The molecule has 2 nitrogen and oxygen atoms in total. The van der Waals surface area contributed by atoms with Crippen molar-refractivity contribution in [2.45, 2.75) is 18.9 Å². The molecule has 2 N–H and O–H groups in total. The number of nitrogens with zero attached hydrogens (tertiary/aromatic N) is 1. The van der Waals surface area contributed by atoms with Gasteiger partial charge in [-0.15, -0.1) is 0 Å². The van der Waals surface area contributed by atoms with E-state index in [0.29, 0.717) is 0 Å². The Morgan fingerprint density at radius 1 is 1.40 bits per heavy atom. The highest BCUT2D eigenvalue weighted by Crippen LogP contribution is 2.39. The summed E-state index contributed by atoms with van der Waals surface area (Å²) in [5.74, 6) is 0.902. The van der Waals surface area contributed by atoms with Crippen molar-refractivity contribution in [2.75, 3.05) is 18.0 Å². The van der Waals surface area contributed by atoms with Crippen LogP contribution in [0.4, 0.5) is 5.69 Å². The highest BCUT2D eigenvalue weighted by Gasteiger charge is 2.31. The fourth-order valence-electron chi connectivity index (χ4n) is 2.33. The molecule has 15 heavy (non-hydrogen) atoms. The predicted molar refractivity (Wildman–Crippen MR) is 63.3 cm³/mol. The molecule has 1 unspecified atom stereocenters. The number of benzene rings is 1. The second-order valence-electron chi connectivity index (χ2n) is 4.66. The van der Waals surface area contributed by atoms with Gasteiger partial charge in [0, 0.05) is 29.8 Å². The lowest BCUT2D eigenvalue weighted by molar-refractivity contribution is 0.687. The first-order valence-electron chi connectivity index (χ1n) is 5.54. The molecule has 1 aliphatic carbocycles. The van der Waals surface area contributed by atoms with Gasteiger partial charge < -0.3 is 10.6 Å². The van der Waals surface area contributed by atoms with Crippen molar-refractivity contribution >= 4 is 17.3 Å². The van der Waals surface area contributed by atoms with E-state index in [2.05, 4.69) is 11.0 Å². The van der Waals surface area contributed by atoms with E-state index in [1.165, 1.54) is 30.6 Å². The minimum Gasteiger partial charge on any atom is -0.369 e. The molecule has 1 saturated carbocycles. The van der Waals surface area contributed by atoms with Crippen LogP contribution in [0.25, 0.3) is 0 Å². The second-order valence-corrected chi connectivity index (χ2v) is 5.09. The maximum atomic E-state index is 6.10. The molecule has 2 aliphatic rings. The van der Waals surface area contributed by atoms with Crippen molar-refractivity contribution in [3.8, 4) is 0 Å². The Bertz CT molecular complexity index is 387. The first-order chi connectivity index (χ1) is 7.24. The lowest BCUT2D eigenvalue weighted by atomic mass is 10.1. The van der Waals surface area contributed by atoms with Gasteiger partial charge in [-0.1, -0.05) is 11.6 Å². The normalized spacial score (nSPS) is 24.4. The lowest BCUT2D eigenvalue weighted by Gasteiger charge is -2.18. The number of anilines is 1. The van der Waals surface area contributed by atoms with Gasteiger partial charge in [0.25, 0.3) is 0 Å². The number of hydrogen-bond donors (Lipinski definition) is 1. The zero-order valence-electron chi connectivity index (χ0n) is 8.62. The predicted octanol–water partition coefficient (Wildman–Crippen LogP) is 2.57. The van der Waals surface area contributed by atoms with Gasteiger partial charge in [-0.2, -0.15) is 0 Å². The summed E-state index contributed by atoms with van der Waals surface area (Å²) < 4.78 is 0. The van der Waals surface area contributed by atoms with E-state index in [4.69, 9.17) is 17.3 Å². The molecule has 0 bridgehead atoms. The fraction of sp³-hybridized carbons (Fsp3) is 0.500. The van der Waals surface area contributed by atoms with Gasteiger partial charge >= 0.3 is 0 Å². The van der Waals surface area contributed by atoms with Crippen LogP contribution >= 0.6 is 11.6 Å². The quantitative estimate of drug-likeness (QED) is 0.834. The van der Waals surface area contributed by atoms with Crippen LogP contribution < -0.4 is 10.6 Å². The molecule has 0 amide bonds. The molecule has 3 heteroatoms. The third-order valence-electron chi connectivity index (χ3n) is 3.32. The number of nitrogens with two attached hydrogens (primary N) is 1. The number of hydrogen-bond acceptors (Lipinski definition) is 2. The maximum absolute atomic E-state index is 6.10. The fourth-order valence-corrected chi connectivity index (χ4v) is 2.51. The second kappa shape index (κ2) is 3.39. The molecule has 0 spiro atoms. The first-order valence-corrected chi connectivity index (χ1v) is 5.92. The van der Waals surface area contributed by atoms with Gasteiger partial charge in [-0.3, -0.25) is 0 Å². The summed E-state index contributed by atoms with van der Waals surface area (Å²) in [6.07, 6.45) is 2.77. The molecular weight excluding hydrogens is 208 g/mol. The van der Waals surface area contributed by atoms with E-state index in [9.17, 15) is 0 Å². The smallest absolute Gasteiger partial charge is 0.0494 e. The van der Waals surface area contributed by atoms with Crippen LogP contribution in [-0.2, 0) is 0 Å². The highest BCUT2D eigenvalue weighted by molar-refractivity contribution is 6.30. The van der Waals surface area contributed by atoms with E-state index in [1.54, 1.807) is 0 Å². The van der Waals surface area contributed by atoms with Gasteiger partial charge in [0.2, 0.25) is 0 Å². The molecule has 1 fully saturated rings. The average Bonchev–Trinajstić information content (AvgIpc) is 2.95. The number of fused-ring (bicyclic) bond motifs is 1. The summed E-state index contributed by atoms with van der Waals surface area (Å²) in [4.78, 5) is 2.41. The molecule has 0 aromatic heterocycles. The van der Waals surface area contributed by atoms with Crippen molar-refractivity contribution in [3.05, 3.63) is 28.8 Å². The van der Waals surface area contributed by atoms with Gasteiger partial charge in [0.05, 0.1) is 0 Å². The molecule has 3 rings (SSSR count). The number of halogens is 1. The lowest BCUT2D eigenvalue weighted by Crippen LogP contribution is -2.26. The van der Waals surface area contributed by atoms with E-state index in [0.717, 1.165) is 17.5 Å². The summed E-state index contributed by atoms with van der Waals surface area (Å²) in [7, 11) is 0. The van der Waals surface area contributed by atoms with Crippen LogP contribution in [0, 0.1) is 5.92 Å². The Hall–Kier alpha value is -0.730. The zero-order valence-corrected chi connectivity index (χ0v) is 9.37. The Morgan fingerprint density at radius 2 is 2.20 bits per heavy atom. The molecular formula is C12H15ClN2. The van der Waals surface area contributed by atoms with Gasteiger partial charge in [-0.25, -0.2) is 0 Å². The minimum atomic E-state index is 0.137. The van der Waals surface area contributed by atoms with Crippen molar-refractivity contribution in [2.24, 2.45) is 11.7 Å². The van der Waals surface area contributed by atoms with Crippen molar-refractivity contribution in [1.82, 2.24) is 0 Å². The zero-order chi connectivity index (χ0) is 10.4. The van der Waals surface area contributed by atoms with Crippen LogP contribution in [0.1, 0.15) is 24.4 Å². The molecule has 1 aromatic carbocycles. The van der Waals surface area contributed by atoms with Crippen LogP contribution in [0.2, 0.25) is 5.02 Å². The van der Waals surface area contributed by atoms with Crippen molar-refractivity contribution in [1.29, 1.82) is 0 Å². The first kappa shape index (κ1) is 9.49. The molecule has 0 radical (unpaired) electrons. The average molecular weight is 223 g/mol. The third kappa shape index (κ3) is 1.72. The van der Waals surface area contributed by atoms with E-state index in [1.807, 2.05) is 12.1 Å². The summed E-state index contributed by atoms with van der Waals surface area (Å²) >= 11 is 5.98. The van der Waals surface area contributed by atoms with Gasteiger partial charge in [0.15, 0.2) is 0 Å². The SMILES string of the molecule is NC1CN(CC2CC2)c2ccc(Cl)cc21. The Balaban J connectivity index is 1.90. The van der Waals surface area contributed by atoms with Crippen LogP contribution in [0.5, 0.6) is 0 Å². The molecule has 1 atom stereocenters. The molecule has 0 saturated heterocycles. The molecule has 1 aliphatic heterocycles. The Labute approximate surface area is 95.0 Å². The Kier molecular flexibility index (Phi) is 2.15. The summed E-state index contributed by atoms with van der Waals surface area (Å²) in [5, 5.41) is 0.789. The minimum absolute atomic E-state index is 0.137. The van der Waals surface area contributed by atoms with Crippen LogP contribution in [-0.4, -0.2) is 13.1 Å². The van der Waals surface area contributed by atoms with E-state index >= 15 is 0 Å². The van der Waals surface area contributed by atoms with Crippen molar-refractivity contribution < 1.29 is 0 Å². The topological polar surface area (TPSA) is 29.3 Å². The van der Waals surface area contributed by atoms with Crippen molar-refractivity contribution in [3.63, 3.8) is 0 Å². The summed E-state index contributed by atoms with van der Waals surface area (Å²) in [5.41, 5.74) is 8.60. The monoisotopic (exact) mass is 222 g/mol. The van der Waals surface area contributed by atoms with Crippen LogP contribution in [0.3, 0.4) is 0 Å². The maximum Gasteiger partial charge on any atom is 0.0494 e. The van der Waals surface area contributed by atoms with E-state index < -0.39 is 0 Å². The summed E-state index contributed by atoms with van der Waals surface area (Å²) in [6.45, 7) is 2.12. The molecule has 80 valence electrons. The van der Waals surface area contributed by atoms with Gasteiger partial charge in [0.1, 0.15) is 0 Å². The highest BCUT2D eigenvalue weighted by atomic mass is 35.5. The third-order valence-corrected chi connectivity index (χ3v) is 3.56. The molecule has 1 heterocycles. The summed E-state index contributed by atoms with van der Waals surface area (Å²) in [6, 6.07) is 6.21. The van der Waals surface area contributed by atoms with E-state index in [-0.39, 0.29) is 6.04 Å². The van der Waals surface area contributed by atoms with Crippen LogP contribution in [0.15, 0.2) is 18.2 Å². The Morgan fingerprint density at radius 3 is 2.93 bits per heavy atom.